The van der Waals surface area contributed by atoms with Crippen LogP contribution in [-0.2, 0) is 0 Å². The van der Waals surface area contributed by atoms with Crippen LogP contribution in [0.15, 0.2) is 11.8 Å². The molecule has 1 rings (SSSR count). The largest absolute Gasteiger partial charge is 0.337 e. The molecule has 0 bridgehead atoms. The average Bonchev–Trinajstić information content (AvgIpc) is 2.76. The number of halogens is 1. The first kappa shape index (κ1) is 12.4. The van der Waals surface area contributed by atoms with Crippen LogP contribution >= 0.6 is 11.6 Å². The molecule has 0 aromatic carbocycles. The summed E-state index contributed by atoms with van der Waals surface area (Å²) in [5, 5.41) is 5.38. The summed E-state index contributed by atoms with van der Waals surface area (Å²) in [5.41, 5.74) is 1.27. The zero-order chi connectivity index (χ0) is 11.1. The lowest BCUT2D eigenvalue weighted by atomic mass is 10.0. The first-order valence-electron chi connectivity index (χ1n) is 5.51. The molecular weight excluding hydrogens is 212 g/mol. The predicted octanol–water partition coefficient (Wildman–Crippen LogP) is 2.62. The molecular formula is C11H19ClN2O. The topological polar surface area (TPSA) is 41.1 Å². The number of carbonyl (C=O) groups excluding carboxylic acids is 1. The lowest BCUT2D eigenvalue weighted by molar-refractivity contribution is 0.244. The maximum atomic E-state index is 11.2. The van der Waals surface area contributed by atoms with E-state index in [-0.39, 0.29) is 6.03 Å². The predicted molar refractivity (Wildman–Crippen MR) is 63.0 cm³/mol. The maximum Gasteiger partial charge on any atom is 0.318 e. The number of amides is 2. The second-order valence-corrected chi connectivity index (χ2v) is 4.34. The Morgan fingerprint density at radius 2 is 2.13 bits per heavy atom. The number of nitrogens with one attached hydrogen (secondary N) is 2. The van der Waals surface area contributed by atoms with Gasteiger partial charge in [0, 0.05) is 18.6 Å². The van der Waals surface area contributed by atoms with Crippen molar-refractivity contribution in [3.8, 4) is 0 Å². The summed E-state index contributed by atoms with van der Waals surface area (Å²) in [6.45, 7) is 2.58. The number of carbonyl (C=O) groups is 1. The molecule has 1 fully saturated rings. The van der Waals surface area contributed by atoms with Crippen molar-refractivity contribution in [1.82, 2.24) is 10.6 Å². The number of hydrogen-bond donors (Lipinski definition) is 2. The Hall–Kier alpha value is -0.700. The molecule has 15 heavy (non-hydrogen) atoms. The van der Waals surface area contributed by atoms with Gasteiger partial charge < -0.3 is 10.6 Å². The van der Waals surface area contributed by atoms with Crippen molar-refractivity contribution in [3.05, 3.63) is 11.8 Å². The summed E-state index contributed by atoms with van der Waals surface area (Å²) in [5.74, 6) is 1.11. The first-order chi connectivity index (χ1) is 7.24. The van der Waals surface area contributed by atoms with Crippen LogP contribution in [0.2, 0.25) is 0 Å². The monoisotopic (exact) mass is 230 g/mol. The van der Waals surface area contributed by atoms with Crippen molar-refractivity contribution in [2.24, 2.45) is 5.92 Å². The van der Waals surface area contributed by atoms with Gasteiger partial charge in [0.05, 0.1) is 0 Å². The molecule has 0 heterocycles. The average molecular weight is 231 g/mol. The molecule has 0 spiro atoms. The van der Waals surface area contributed by atoms with Gasteiger partial charge in [-0.2, -0.15) is 0 Å². The van der Waals surface area contributed by atoms with E-state index in [1.54, 1.807) is 0 Å². The van der Waals surface area contributed by atoms with E-state index in [4.69, 9.17) is 11.6 Å². The van der Waals surface area contributed by atoms with Gasteiger partial charge in [-0.1, -0.05) is 18.4 Å². The van der Waals surface area contributed by atoms with E-state index in [1.165, 1.54) is 31.3 Å². The van der Waals surface area contributed by atoms with Gasteiger partial charge in [0.1, 0.15) is 0 Å². The lowest BCUT2D eigenvalue weighted by Gasteiger charge is -2.10. The van der Waals surface area contributed by atoms with Gasteiger partial charge in [-0.15, -0.1) is 11.6 Å². The molecule has 2 N–H and O–H groups in total. The fourth-order valence-corrected chi connectivity index (χ4v) is 1.98. The normalized spacial score (nSPS) is 17.9. The van der Waals surface area contributed by atoms with Crippen LogP contribution in [0.1, 0.15) is 32.6 Å². The van der Waals surface area contributed by atoms with Gasteiger partial charge in [-0.25, -0.2) is 4.79 Å². The van der Waals surface area contributed by atoms with Crippen LogP contribution < -0.4 is 10.6 Å². The fourth-order valence-electron chi connectivity index (χ4n) is 1.89. The van der Waals surface area contributed by atoms with Crippen molar-refractivity contribution < 1.29 is 4.79 Å². The zero-order valence-electron chi connectivity index (χ0n) is 9.18. The smallest absolute Gasteiger partial charge is 0.318 e. The highest BCUT2D eigenvalue weighted by molar-refractivity contribution is 6.18. The van der Waals surface area contributed by atoms with E-state index < -0.39 is 0 Å². The molecule has 0 atom stereocenters. The summed E-state index contributed by atoms with van der Waals surface area (Å²) in [6.07, 6.45) is 6.96. The molecule has 86 valence electrons. The highest BCUT2D eigenvalue weighted by atomic mass is 35.5. The van der Waals surface area contributed by atoms with Crippen molar-refractivity contribution in [3.63, 3.8) is 0 Å². The molecule has 0 unspecified atom stereocenters. The Balaban J connectivity index is 2.26. The summed E-state index contributed by atoms with van der Waals surface area (Å²) in [4.78, 5) is 11.2. The molecule has 0 radical (unpaired) electrons. The maximum absolute atomic E-state index is 11.2. The van der Waals surface area contributed by atoms with Crippen molar-refractivity contribution in [2.45, 2.75) is 32.6 Å². The van der Waals surface area contributed by atoms with Gasteiger partial charge >= 0.3 is 6.03 Å². The minimum Gasteiger partial charge on any atom is -0.337 e. The number of allylic oxidation sites excluding steroid dienone is 1. The standard InChI is InChI=1S/C11H19ClN2O/c1-9(10-4-2-3-5-10)8-14-11(15)13-7-6-12/h8,10H,2-7H2,1H3,(H2,13,14,15)/b9-8+. The Morgan fingerprint density at radius 3 is 2.73 bits per heavy atom. The molecule has 0 aliphatic heterocycles. The van der Waals surface area contributed by atoms with Crippen molar-refractivity contribution >= 4 is 17.6 Å². The third-order valence-corrected chi connectivity index (χ3v) is 3.00. The molecule has 4 heteroatoms. The van der Waals surface area contributed by atoms with E-state index in [0.717, 1.165) is 0 Å². The number of hydrogen-bond acceptors (Lipinski definition) is 1. The second kappa shape index (κ2) is 6.72. The quantitative estimate of drug-likeness (QED) is 0.717. The number of rotatable bonds is 4. The van der Waals surface area contributed by atoms with E-state index in [2.05, 4.69) is 17.6 Å². The highest BCUT2D eigenvalue weighted by Gasteiger charge is 2.16. The van der Waals surface area contributed by atoms with Crippen molar-refractivity contribution in [1.29, 1.82) is 0 Å². The Kier molecular flexibility index (Phi) is 5.54. The van der Waals surface area contributed by atoms with Crippen LogP contribution in [0.3, 0.4) is 0 Å². The first-order valence-corrected chi connectivity index (χ1v) is 6.04. The Labute approximate surface area is 96.3 Å². The van der Waals surface area contributed by atoms with Crippen molar-refractivity contribution in [2.75, 3.05) is 12.4 Å². The Bertz CT molecular complexity index is 235. The van der Waals surface area contributed by atoms with Gasteiger partial charge in [0.2, 0.25) is 0 Å². The van der Waals surface area contributed by atoms with Crippen LogP contribution in [0.4, 0.5) is 4.79 Å². The van der Waals surface area contributed by atoms with Crippen LogP contribution in [0.5, 0.6) is 0 Å². The van der Waals surface area contributed by atoms with E-state index in [9.17, 15) is 4.79 Å². The molecule has 1 aliphatic rings. The molecule has 1 aliphatic carbocycles. The van der Waals surface area contributed by atoms with E-state index >= 15 is 0 Å². The molecule has 3 nitrogen and oxygen atoms in total. The van der Waals surface area contributed by atoms with Crippen LogP contribution in [-0.4, -0.2) is 18.5 Å². The molecule has 0 aromatic rings. The zero-order valence-corrected chi connectivity index (χ0v) is 9.94. The van der Waals surface area contributed by atoms with Gasteiger partial charge in [-0.3, -0.25) is 0 Å². The SMILES string of the molecule is C/C(=C\NC(=O)NCCCl)C1CCCC1. The van der Waals surface area contributed by atoms with Crippen LogP contribution in [0.25, 0.3) is 0 Å². The molecule has 0 aromatic heterocycles. The van der Waals surface area contributed by atoms with E-state index in [1.807, 2.05) is 6.20 Å². The van der Waals surface area contributed by atoms with Gasteiger partial charge in [0.15, 0.2) is 0 Å². The summed E-state index contributed by atoms with van der Waals surface area (Å²) in [6, 6.07) is -0.173. The number of urea groups is 1. The van der Waals surface area contributed by atoms with E-state index in [0.29, 0.717) is 18.3 Å². The highest BCUT2D eigenvalue weighted by Crippen LogP contribution is 2.30. The minimum absolute atomic E-state index is 0.173. The Morgan fingerprint density at radius 1 is 1.47 bits per heavy atom. The van der Waals surface area contributed by atoms with Gasteiger partial charge in [-0.05, 0) is 25.7 Å². The summed E-state index contributed by atoms with van der Waals surface area (Å²) in [7, 11) is 0. The molecule has 0 saturated heterocycles. The summed E-state index contributed by atoms with van der Waals surface area (Å²) < 4.78 is 0. The lowest BCUT2D eigenvalue weighted by Crippen LogP contribution is -2.33. The third-order valence-electron chi connectivity index (χ3n) is 2.81. The fraction of sp³-hybridized carbons (Fsp3) is 0.727. The minimum atomic E-state index is -0.173. The van der Waals surface area contributed by atoms with Gasteiger partial charge in [0.25, 0.3) is 0 Å². The second-order valence-electron chi connectivity index (χ2n) is 3.96. The van der Waals surface area contributed by atoms with Crippen LogP contribution in [0, 0.1) is 5.92 Å². The molecule has 1 saturated carbocycles. The third kappa shape index (κ3) is 4.56. The molecule has 2 amide bonds. The number of alkyl halides is 1. The summed E-state index contributed by atoms with van der Waals surface area (Å²) >= 11 is 5.45.